The molecule has 4 rings (SSSR count). The Bertz CT molecular complexity index is 1400. The highest BCUT2D eigenvalue weighted by Gasteiger charge is 2.51. The Kier molecular flexibility index (Phi) is 11.1. The second kappa shape index (κ2) is 14.4. The first-order valence-corrected chi connectivity index (χ1v) is 17.1. The maximum atomic E-state index is 14.2. The minimum atomic E-state index is -3.75. The van der Waals surface area contributed by atoms with E-state index >= 15 is 0 Å². The van der Waals surface area contributed by atoms with Crippen molar-refractivity contribution in [1.82, 2.24) is 15.4 Å². The number of hydrogen-bond acceptors (Lipinski definition) is 10. The van der Waals surface area contributed by atoms with Crippen molar-refractivity contribution in [2.24, 2.45) is 23.6 Å². The smallest absolute Gasteiger partial charge is 0.260 e. The molecule has 2 amide bonds. The fraction of sp³-hybridized carbons (Fsp3) is 0.562. The van der Waals surface area contributed by atoms with Crippen LogP contribution in [0.2, 0.25) is 0 Å². The molecule has 2 aromatic rings. The van der Waals surface area contributed by atoms with E-state index in [1.54, 1.807) is 13.0 Å². The Labute approximate surface area is 260 Å². The molecule has 1 saturated heterocycles. The Morgan fingerprint density at radius 1 is 1.11 bits per heavy atom. The van der Waals surface area contributed by atoms with Crippen LogP contribution in [0, 0.1) is 17.8 Å². The standard InChI is InChI=1S/C32H46N4O7S/c1-5-23(4)29(31(38)36(33)30(37)26-13-10-16-34-26)32(6-2,18-24-11-8-7-9-12-24)35(39)19-22(3)20-44(40,41)25-14-15-27-28(17-25)43-21-42-27/h7-9,11-12,14-15,17,22-23,26,29,34,39H,5-6,10,13,16,18-21,33H2,1-4H3/t22-,23+,26+,29-,32?/m1/s1. The Morgan fingerprint density at radius 3 is 2.45 bits per heavy atom. The molecule has 0 aromatic heterocycles. The number of fused-ring (bicyclic) bond motifs is 1. The molecule has 242 valence electrons. The summed E-state index contributed by atoms with van der Waals surface area (Å²) in [6, 6.07) is 13.5. The van der Waals surface area contributed by atoms with Gasteiger partial charge in [0.05, 0.1) is 28.1 Å². The maximum absolute atomic E-state index is 14.2. The molecule has 12 heteroatoms. The quantitative estimate of drug-likeness (QED) is 0.161. The molecule has 0 spiro atoms. The third-order valence-electron chi connectivity index (χ3n) is 9.06. The predicted octanol–water partition coefficient (Wildman–Crippen LogP) is 3.55. The zero-order valence-corrected chi connectivity index (χ0v) is 26.9. The minimum absolute atomic E-state index is 0.0344. The normalized spacial score (nSPS) is 19.8. The van der Waals surface area contributed by atoms with Crippen LogP contribution >= 0.6 is 0 Å². The summed E-state index contributed by atoms with van der Waals surface area (Å²) < 4.78 is 37.5. The number of imide groups is 1. The first-order chi connectivity index (χ1) is 20.9. The van der Waals surface area contributed by atoms with Gasteiger partial charge in [-0.3, -0.25) is 9.59 Å². The van der Waals surface area contributed by atoms with Crippen LogP contribution in [-0.4, -0.2) is 72.7 Å². The average molecular weight is 631 g/mol. The number of benzene rings is 2. The molecule has 0 aliphatic carbocycles. The van der Waals surface area contributed by atoms with Crippen LogP contribution in [0.4, 0.5) is 0 Å². The molecule has 2 aromatic carbocycles. The third kappa shape index (κ3) is 7.26. The summed E-state index contributed by atoms with van der Waals surface area (Å²) in [5, 5.41) is 17.0. The molecule has 1 fully saturated rings. The zero-order chi connectivity index (χ0) is 32.1. The number of sulfone groups is 1. The molecular weight excluding hydrogens is 584 g/mol. The van der Waals surface area contributed by atoms with E-state index in [0.717, 1.165) is 22.1 Å². The van der Waals surface area contributed by atoms with Gasteiger partial charge in [-0.2, -0.15) is 5.06 Å². The van der Waals surface area contributed by atoms with Crippen molar-refractivity contribution >= 4 is 21.7 Å². The van der Waals surface area contributed by atoms with Crippen molar-refractivity contribution in [2.75, 3.05) is 25.6 Å². The SMILES string of the molecule is CC[C@H](C)[C@H](C(=O)N(N)C(=O)[C@@H]1CCCN1)C(CC)(Cc1ccccc1)N(O)C[C@@H](C)CS(=O)(=O)c1ccc2c(c1)OCO2. The van der Waals surface area contributed by atoms with E-state index in [-0.39, 0.29) is 36.3 Å². The summed E-state index contributed by atoms with van der Waals surface area (Å²) in [6.45, 7) is 8.20. The van der Waals surface area contributed by atoms with Gasteiger partial charge in [-0.25, -0.2) is 19.3 Å². The second-order valence-corrected chi connectivity index (χ2v) is 14.2. The van der Waals surface area contributed by atoms with Crippen molar-refractivity contribution in [2.45, 2.75) is 76.3 Å². The summed E-state index contributed by atoms with van der Waals surface area (Å²) in [7, 11) is -3.75. The van der Waals surface area contributed by atoms with Crippen LogP contribution in [0.5, 0.6) is 11.5 Å². The van der Waals surface area contributed by atoms with Crippen molar-refractivity contribution in [3.8, 4) is 11.5 Å². The fourth-order valence-corrected chi connectivity index (χ4v) is 8.08. The molecule has 2 aliphatic heterocycles. The number of hydrogen-bond donors (Lipinski definition) is 3. The van der Waals surface area contributed by atoms with Crippen LogP contribution in [0.3, 0.4) is 0 Å². The second-order valence-electron chi connectivity index (χ2n) is 12.2. The predicted molar refractivity (Wildman–Crippen MR) is 165 cm³/mol. The van der Waals surface area contributed by atoms with Crippen molar-refractivity contribution < 1.29 is 32.7 Å². The summed E-state index contributed by atoms with van der Waals surface area (Å²) in [6.07, 6.45) is 2.63. The van der Waals surface area contributed by atoms with Gasteiger partial charge in [0.15, 0.2) is 21.3 Å². The molecule has 0 bridgehead atoms. The fourth-order valence-electron chi connectivity index (χ4n) is 6.47. The third-order valence-corrected chi connectivity index (χ3v) is 11.0. The highest BCUT2D eigenvalue weighted by atomic mass is 32.2. The van der Waals surface area contributed by atoms with Gasteiger partial charge >= 0.3 is 0 Å². The highest BCUT2D eigenvalue weighted by Crippen LogP contribution is 2.40. The van der Waals surface area contributed by atoms with Gasteiger partial charge in [-0.1, -0.05) is 64.4 Å². The lowest BCUT2D eigenvalue weighted by Gasteiger charge is -2.48. The summed E-state index contributed by atoms with van der Waals surface area (Å²) in [4.78, 5) is 27.6. The monoisotopic (exact) mass is 630 g/mol. The Balaban J connectivity index is 1.65. The van der Waals surface area contributed by atoms with Crippen LogP contribution < -0.4 is 20.6 Å². The number of rotatable bonds is 14. The molecular formula is C32H46N4O7S. The maximum Gasteiger partial charge on any atom is 0.260 e. The average Bonchev–Trinajstić information content (AvgIpc) is 3.72. The van der Waals surface area contributed by atoms with Crippen molar-refractivity contribution in [1.29, 1.82) is 0 Å². The van der Waals surface area contributed by atoms with Crippen molar-refractivity contribution in [3.05, 3.63) is 54.1 Å². The lowest BCUT2D eigenvalue weighted by molar-refractivity contribution is -0.211. The van der Waals surface area contributed by atoms with E-state index in [2.05, 4.69) is 5.32 Å². The van der Waals surface area contributed by atoms with Gasteiger partial charge in [0.1, 0.15) is 0 Å². The first-order valence-electron chi connectivity index (χ1n) is 15.4. The van der Waals surface area contributed by atoms with E-state index in [1.165, 1.54) is 12.1 Å². The van der Waals surface area contributed by atoms with Crippen LogP contribution in [0.15, 0.2) is 53.4 Å². The van der Waals surface area contributed by atoms with E-state index in [1.807, 2.05) is 51.1 Å². The number of nitrogens with one attached hydrogen (secondary N) is 1. The van der Waals surface area contributed by atoms with Crippen LogP contribution in [-0.2, 0) is 25.8 Å². The summed E-state index contributed by atoms with van der Waals surface area (Å²) in [5.41, 5.74) is -0.298. The number of nitrogens with two attached hydrogens (primary N) is 1. The molecule has 2 heterocycles. The lowest BCUT2D eigenvalue weighted by Crippen LogP contribution is -2.63. The van der Waals surface area contributed by atoms with Gasteiger partial charge in [-0.15, -0.1) is 0 Å². The minimum Gasteiger partial charge on any atom is -0.454 e. The molecule has 2 aliphatic rings. The summed E-state index contributed by atoms with van der Waals surface area (Å²) >= 11 is 0. The van der Waals surface area contributed by atoms with E-state index < -0.39 is 45.1 Å². The number of carbonyl (C=O) groups is 2. The van der Waals surface area contributed by atoms with Crippen molar-refractivity contribution in [3.63, 3.8) is 0 Å². The van der Waals surface area contributed by atoms with E-state index in [9.17, 15) is 23.2 Å². The van der Waals surface area contributed by atoms with E-state index in [0.29, 0.717) is 37.3 Å². The van der Waals surface area contributed by atoms with Gasteiger partial charge in [-0.05, 0) is 61.8 Å². The molecule has 4 N–H and O–H groups in total. The zero-order valence-electron chi connectivity index (χ0n) is 26.1. The first kappa shape index (κ1) is 33.9. The molecule has 0 saturated carbocycles. The number of nitrogens with zero attached hydrogens (tertiary/aromatic N) is 2. The molecule has 0 radical (unpaired) electrons. The molecule has 5 atom stereocenters. The topological polar surface area (TPSA) is 151 Å². The summed E-state index contributed by atoms with van der Waals surface area (Å²) in [5.74, 6) is 4.18. The van der Waals surface area contributed by atoms with Gasteiger partial charge in [0.2, 0.25) is 12.7 Å². The van der Waals surface area contributed by atoms with Crippen LogP contribution in [0.1, 0.15) is 58.9 Å². The highest BCUT2D eigenvalue weighted by molar-refractivity contribution is 7.91. The number of ether oxygens (including phenoxy) is 2. The number of hydroxylamine groups is 2. The van der Waals surface area contributed by atoms with Gasteiger partial charge in [0, 0.05) is 12.6 Å². The number of carbonyl (C=O) groups excluding carboxylic acids is 2. The largest absolute Gasteiger partial charge is 0.454 e. The number of amides is 2. The Hall–Kier alpha value is -3.03. The lowest BCUT2D eigenvalue weighted by atomic mass is 9.69. The van der Waals surface area contributed by atoms with E-state index in [4.69, 9.17) is 15.3 Å². The molecule has 44 heavy (non-hydrogen) atoms. The Morgan fingerprint density at radius 2 is 1.82 bits per heavy atom. The molecule has 1 unspecified atom stereocenters. The van der Waals surface area contributed by atoms with Gasteiger partial charge in [0.25, 0.3) is 5.91 Å². The van der Waals surface area contributed by atoms with Crippen LogP contribution in [0.25, 0.3) is 0 Å². The van der Waals surface area contributed by atoms with Gasteiger partial charge < -0.3 is 20.0 Å². The molecule has 11 nitrogen and oxygen atoms in total. The number of hydrazine groups is 1.